The van der Waals surface area contributed by atoms with Crippen molar-refractivity contribution in [2.24, 2.45) is 5.41 Å². The molecule has 1 spiro atoms. The maximum absolute atomic E-state index is 12.3. The van der Waals surface area contributed by atoms with Crippen molar-refractivity contribution >= 4 is 33.9 Å². The summed E-state index contributed by atoms with van der Waals surface area (Å²) in [6, 6.07) is 6.13. The molecule has 0 bridgehead atoms. The first-order valence-electron chi connectivity index (χ1n) is 6.06. The minimum atomic E-state index is -0.432. The van der Waals surface area contributed by atoms with Crippen LogP contribution in [0.15, 0.2) is 22.7 Å². The normalized spacial score (nSPS) is 29.9. The summed E-state index contributed by atoms with van der Waals surface area (Å²) in [5, 5.41) is 2.29. The van der Waals surface area contributed by atoms with Crippen LogP contribution in [-0.2, 0) is 9.53 Å². The Morgan fingerprint density at radius 1 is 1.33 bits per heavy atom. The molecule has 3 heteroatoms. The number of carbonyl (C=O) groups excluding carboxylic acids is 1. The van der Waals surface area contributed by atoms with E-state index in [1.54, 1.807) is 13.5 Å². The van der Waals surface area contributed by atoms with Gasteiger partial charge in [-0.25, -0.2) is 0 Å². The molecule has 2 nitrogen and oxygen atoms in total. The first kappa shape index (κ1) is 12.1. The van der Waals surface area contributed by atoms with Crippen molar-refractivity contribution < 1.29 is 9.53 Å². The van der Waals surface area contributed by atoms with Gasteiger partial charge in [-0.05, 0) is 35.4 Å². The highest BCUT2D eigenvalue weighted by atomic mass is 79.9. The Hall–Kier alpha value is -0.930. The van der Waals surface area contributed by atoms with Crippen LogP contribution < -0.4 is 10.4 Å². The minimum absolute atomic E-state index is 0.0274. The molecular formula is C15H14BrO2. The van der Waals surface area contributed by atoms with Gasteiger partial charge in [0.15, 0.2) is 5.78 Å². The van der Waals surface area contributed by atoms with Crippen molar-refractivity contribution in [2.75, 3.05) is 7.11 Å². The van der Waals surface area contributed by atoms with Gasteiger partial charge in [-0.1, -0.05) is 34.1 Å². The second kappa shape index (κ2) is 4.32. The summed E-state index contributed by atoms with van der Waals surface area (Å²) in [5.41, 5.74) is -0.432. The van der Waals surface area contributed by atoms with Gasteiger partial charge in [-0.3, -0.25) is 4.79 Å². The Bertz CT molecular complexity index is 620. The standard InChI is InChI=1S/C15H14BrO2/c1-18-13-4-5-15(14(17)7-13)8-10-2-3-12(16)6-11(10)9-15/h2-3,6-9,13H,4-5H2,1H3/t13-,15?/m0/s1. The van der Waals surface area contributed by atoms with Crippen LogP contribution in [0.25, 0.3) is 12.2 Å². The average molecular weight is 306 g/mol. The lowest BCUT2D eigenvalue weighted by molar-refractivity contribution is -0.123. The topological polar surface area (TPSA) is 26.3 Å². The number of hydrogen-bond donors (Lipinski definition) is 0. The van der Waals surface area contributed by atoms with Gasteiger partial charge in [0, 0.05) is 11.6 Å². The molecule has 18 heavy (non-hydrogen) atoms. The van der Waals surface area contributed by atoms with Crippen molar-refractivity contribution in [3.8, 4) is 0 Å². The number of rotatable bonds is 1. The van der Waals surface area contributed by atoms with E-state index in [4.69, 9.17) is 4.74 Å². The molecule has 1 aromatic carbocycles. The summed E-state index contributed by atoms with van der Waals surface area (Å²) < 4.78 is 6.30. The van der Waals surface area contributed by atoms with E-state index in [0.717, 1.165) is 27.8 Å². The number of fused-ring (bicyclic) bond motifs is 1. The van der Waals surface area contributed by atoms with Crippen LogP contribution in [-0.4, -0.2) is 19.0 Å². The number of ether oxygens (including phenoxy) is 1. The number of halogens is 1. The van der Waals surface area contributed by atoms with Crippen LogP contribution in [0.5, 0.6) is 0 Å². The first-order chi connectivity index (χ1) is 8.63. The summed E-state index contributed by atoms with van der Waals surface area (Å²) in [7, 11) is 1.65. The van der Waals surface area contributed by atoms with Gasteiger partial charge >= 0.3 is 0 Å². The number of carbonyl (C=O) groups is 1. The summed E-state index contributed by atoms with van der Waals surface area (Å²) in [5.74, 6) is 0.160. The second-order valence-electron chi connectivity index (χ2n) is 4.95. The van der Waals surface area contributed by atoms with Gasteiger partial charge in [0.1, 0.15) is 0 Å². The molecule has 93 valence electrons. The maximum Gasteiger partial charge on any atom is 0.153 e. The van der Waals surface area contributed by atoms with Crippen molar-refractivity contribution in [3.63, 3.8) is 0 Å². The first-order valence-corrected chi connectivity index (χ1v) is 6.86. The molecule has 0 saturated heterocycles. The molecule has 0 heterocycles. The van der Waals surface area contributed by atoms with E-state index in [9.17, 15) is 4.79 Å². The average Bonchev–Trinajstić information content (AvgIpc) is 2.71. The van der Waals surface area contributed by atoms with E-state index in [2.05, 4.69) is 40.2 Å². The van der Waals surface area contributed by atoms with Gasteiger partial charge < -0.3 is 4.74 Å². The molecule has 2 aliphatic rings. The molecule has 3 rings (SSSR count). The zero-order valence-corrected chi connectivity index (χ0v) is 11.7. The molecule has 1 unspecified atom stereocenters. The van der Waals surface area contributed by atoms with E-state index in [0.29, 0.717) is 0 Å². The Morgan fingerprint density at radius 3 is 2.83 bits per heavy atom. The van der Waals surface area contributed by atoms with E-state index >= 15 is 0 Å². The highest BCUT2D eigenvalue weighted by Crippen LogP contribution is 2.38. The van der Waals surface area contributed by atoms with E-state index in [1.165, 1.54) is 0 Å². The number of ketones is 1. The zero-order chi connectivity index (χ0) is 12.8. The number of Topliss-reactive ketones (excluding diaryl/α,β-unsaturated/α-hetero) is 1. The lowest BCUT2D eigenvalue weighted by atomic mass is 9.73. The highest BCUT2D eigenvalue weighted by Gasteiger charge is 2.41. The third-order valence-corrected chi connectivity index (χ3v) is 4.31. The number of methoxy groups -OCH3 is 1. The van der Waals surface area contributed by atoms with E-state index in [-0.39, 0.29) is 11.9 Å². The summed E-state index contributed by atoms with van der Waals surface area (Å²) >= 11 is 3.47. The lowest BCUT2D eigenvalue weighted by Crippen LogP contribution is -2.36. The molecule has 2 atom stereocenters. The Labute approximate surface area is 114 Å². The van der Waals surface area contributed by atoms with Crippen LogP contribution in [0.3, 0.4) is 0 Å². The molecule has 0 aromatic heterocycles. The minimum Gasteiger partial charge on any atom is -0.381 e. The predicted octanol–water partition coefficient (Wildman–Crippen LogP) is 1.59. The zero-order valence-electron chi connectivity index (χ0n) is 10.2. The van der Waals surface area contributed by atoms with Gasteiger partial charge in [0.05, 0.1) is 17.9 Å². The van der Waals surface area contributed by atoms with Crippen molar-refractivity contribution in [2.45, 2.75) is 18.9 Å². The molecule has 0 aliphatic heterocycles. The quantitative estimate of drug-likeness (QED) is 0.788. The van der Waals surface area contributed by atoms with E-state index in [1.807, 2.05) is 6.07 Å². The summed E-state index contributed by atoms with van der Waals surface area (Å²) in [6.07, 6.45) is 7.60. The van der Waals surface area contributed by atoms with Gasteiger partial charge in [0.25, 0.3) is 0 Å². The van der Waals surface area contributed by atoms with Crippen molar-refractivity contribution in [3.05, 3.63) is 39.5 Å². The van der Waals surface area contributed by atoms with Gasteiger partial charge in [-0.15, -0.1) is 0 Å². The monoisotopic (exact) mass is 305 g/mol. The van der Waals surface area contributed by atoms with Gasteiger partial charge in [0.2, 0.25) is 0 Å². The molecule has 1 fully saturated rings. The highest BCUT2D eigenvalue weighted by molar-refractivity contribution is 9.10. The van der Waals surface area contributed by atoms with Crippen LogP contribution >= 0.6 is 15.9 Å². The number of benzene rings is 1. The Balaban J connectivity index is 2.03. The van der Waals surface area contributed by atoms with Crippen LogP contribution in [0.2, 0.25) is 0 Å². The fourth-order valence-electron chi connectivity index (χ4n) is 2.78. The van der Waals surface area contributed by atoms with Gasteiger partial charge in [-0.2, -0.15) is 0 Å². The molecule has 0 amide bonds. The van der Waals surface area contributed by atoms with Crippen molar-refractivity contribution in [1.82, 2.24) is 0 Å². The van der Waals surface area contributed by atoms with E-state index < -0.39 is 5.41 Å². The molecule has 1 saturated carbocycles. The van der Waals surface area contributed by atoms with Crippen LogP contribution in [0.1, 0.15) is 12.8 Å². The van der Waals surface area contributed by atoms with Crippen LogP contribution in [0.4, 0.5) is 0 Å². The second-order valence-corrected chi connectivity index (χ2v) is 5.86. The third-order valence-electron chi connectivity index (χ3n) is 3.82. The summed E-state index contributed by atoms with van der Waals surface area (Å²) in [6.45, 7) is 0. The maximum atomic E-state index is 12.3. The largest absolute Gasteiger partial charge is 0.381 e. The Kier molecular flexibility index (Phi) is 2.91. The molecule has 2 aliphatic carbocycles. The SMILES string of the molecule is CO[C@@H]1[CH]C(=O)C2(C=c3ccc(Br)cc3=C2)CC1. The lowest BCUT2D eigenvalue weighted by Gasteiger charge is -2.32. The molecule has 1 radical (unpaired) electrons. The smallest absolute Gasteiger partial charge is 0.153 e. The van der Waals surface area contributed by atoms with Crippen molar-refractivity contribution in [1.29, 1.82) is 0 Å². The third kappa shape index (κ3) is 1.86. The molecular weight excluding hydrogens is 292 g/mol. The van der Waals surface area contributed by atoms with Crippen LogP contribution in [0, 0.1) is 11.8 Å². The Morgan fingerprint density at radius 2 is 2.11 bits per heavy atom. The molecule has 1 aromatic rings. The number of hydrogen-bond acceptors (Lipinski definition) is 2. The fourth-order valence-corrected chi connectivity index (χ4v) is 3.16. The fraction of sp³-hybridized carbons (Fsp3) is 0.333. The summed E-state index contributed by atoms with van der Waals surface area (Å²) in [4.78, 5) is 12.3. The predicted molar refractivity (Wildman–Crippen MR) is 74.1 cm³/mol. The molecule has 0 N–H and O–H groups in total.